The first-order valence-corrected chi connectivity index (χ1v) is 6.17. The number of amides is 1. The lowest BCUT2D eigenvalue weighted by Crippen LogP contribution is -2.49. The van der Waals surface area contributed by atoms with Crippen molar-refractivity contribution in [1.29, 1.82) is 0 Å². The number of likely N-dealkylation sites (tertiary alicyclic amines) is 1. The number of rotatable bonds is 4. The Hall–Kier alpha value is -0.610. The van der Waals surface area contributed by atoms with Gasteiger partial charge in [0.25, 0.3) is 0 Å². The lowest BCUT2D eigenvalue weighted by Gasteiger charge is -2.26. The molecular weight excluding hydrogens is 202 g/mol. The third-order valence-corrected chi connectivity index (χ3v) is 3.14. The van der Waals surface area contributed by atoms with E-state index in [1.165, 1.54) is 25.9 Å². The zero-order chi connectivity index (χ0) is 12.2. The zero-order valence-electron chi connectivity index (χ0n) is 10.8. The van der Waals surface area contributed by atoms with Gasteiger partial charge in [0, 0.05) is 13.1 Å². The van der Waals surface area contributed by atoms with Crippen LogP contribution in [0, 0.1) is 5.41 Å². The van der Waals surface area contributed by atoms with E-state index in [9.17, 15) is 4.79 Å². The van der Waals surface area contributed by atoms with Gasteiger partial charge in [-0.15, -0.1) is 0 Å². The molecule has 3 N–H and O–H groups in total. The molecule has 16 heavy (non-hydrogen) atoms. The maximum absolute atomic E-state index is 11.7. The smallest absolute Gasteiger partial charge is 0.237 e. The molecule has 0 unspecified atom stereocenters. The molecule has 0 aromatic rings. The number of carbonyl (C=O) groups excluding carboxylic acids is 1. The number of hydrogen-bond acceptors (Lipinski definition) is 3. The number of nitrogens with two attached hydrogens (primary N) is 1. The van der Waals surface area contributed by atoms with E-state index in [-0.39, 0.29) is 11.3 Å². The summed E-state index contributed by atoms with van der Waals surface area (Å²) >= 11 is 0. The van der Waals surface area contributed by atoms with Gasteiger partial charge in [0.05, 0.1) is 6.04 Å². The minimum Gasteiger partial charge on any atom is -0.353 e. The summed E-state index contributed by atoms with van der Waals surface area (Å²) in [7, 11) is 0. The highest BCUT2D eigenvalue weighted by Gasteiger charge is 2.27. The van der Waals surface area contributed by atoms with Crippen molar-refractivity contribution in [1.82, 2.24) is 10.2 Å². The molecular formula is C12H25N3O. The van der Waals surface area contributed by atoms with E-state index in [1.54, 1.807) is 0 Å². The molecule has 0 radical (unpaired) electrons. The molecule has 1 amide bonds. The molecule has 1 aliphatic rings. The van der Waals surface area contributed by atoms with Crippen LogP contribution in [0.25, 0.3) is 0 Å². The van der Waals surface area contributed by atoms with Gasteiger partial charge in [-0.2, -0.15) is 0 Å². The second-order valence-electron chi connectivity index (χ2n) is 5.68. The summed E-state index contributed by atoms with van der Waals surface area (Å²) in [6.07, 6.45) is 2.57. The predicted molar refractivity (Wildman–Crippen MR) is 66.1 cm³/mol. The largest absolute Gasteiger partial charge is 0.353 e. The first-order valence-electron chi connectivity index (χ1n) is 6.17. The van der Waals surface area contributed by atoms with Gasteiger partial charge in [-0.25, -0.2) is 0 Å². The quantitative estimate of drug-likeness (QED) is 0.738. The number of hydrogen-bond donors (Lipinski definition) is 2. The molecule has 1 heterocycles. The van der Waals surface area contributed by atoms with Crippen LogP contribution in [0.3, 0.4) is 0 Å². The fourth-order valence-corrected chi connectivity index (χ4v) is 1.85. The summed E-state index contributed by atoms with van der Waals surface area (Å²) in [4.78, 5) is 14.1. The molecule has 1 rings (SSSR count). The minimum atomic E-state index is -0.425. The first-order chi connectivity index (χ1) is 7.41. The molecule has 1 fully saturated rings. The third-order valence-electron chi connectivity index (χ3n) is 3.14. The van der Waals surface area contributed by atoms with Crippen molar-refractivity contribution in [2.75, 3.05) is 26.2 Å². The Morgan fingerprint density at radius 1 is 1.38 bits per heavy atom. The summed E-state index contributed by atoms with van der Waals surface area (Å²) in [5.41, 5.74) is 5.69. The predicted octanol–water partition coefficient (Wildman–Crippen LogP) is 0.572. The lowest BCUT2D eigenvalue weighted by atomic mass is 9.87. The molecule has 0 aliphatic carbocycles. The summed E-state index contributed by atoms with van der Waals surface area (Å²) in [6.45, 7) is 9.95. The van der Waals surface area contributed by atoms with E-state index in [2.05, 4.69) is 10.2 Å². The average Bonchev–Trinajstić information content (AvgIpc) is 2.67. The fraction of sp³-hybridized carbons (Fsp3) is 0.917. The van der Waals surface area contributed by atoms with E-state index in [1.807, 2.05) is 20.8 Å². The minimum absolute atomic E-state index is 0.0355. The van der Waals surface area contributed by atoms with Crippen LogP contribution in [0.4, 0.5) is 0 Å². The van der Waals surface area contributed by atoms with Gasteiger partial charge in [0.2, 0.25) is 5.91 Å². The van der Waals surface area contributed by atoms with Crippen LogP contribution < -0.4 is 11.1 Å². The molecule has 4 heteroatoms. The number of carbonyl (C=O) groups is 1. The number of nitrogens with zero attached hydrogens (tertiary/aromatic N) is 1. The normalized spacial score (nSPS) is 19.8. The summed E-state index contributed by atoms with van der Waals surface area (Å²) in [5.74, 6) is -0.0355. The van der Waals surface area contributed by atoms with Crippen LogP contribution in [0.2, 0.25) is 0 Å². The Kier molecular flexibility index (Phi) is 4.74. The Morgan fingerprint density at radius 2 is 1.94 bits per heavy atom. The van der Waals surface area contributed by atoms with E-state index < -0.39 is 6.04 Å². The van der Waals surface area contributed by atoms with Gasteiger partial charge in [-0.05, 0) is 31.3 Å². The van der Waals surface area contributed by atoms with Crippen molar-refractivity contribution in [2.45, 2.75) is 39.7 Å². The van der Waals surface area contributed by atoms with Crippen molar-refractivity contribution in [2.24, 2.45) is 11.1 Å². The van der Waals surface area contributed by atoms with E-state index in [4.69, 9.17) is 5.73 Å². The molecule has 0 aromatic carbocycles. The highest BCUT2D eigenvalue weighted by molar-refractivity contribution is 5.82. The zero-order valence-corrected chi connectivity index (χ0v) is 10.8. The van der Waals surface area contributed by atoms with Crippen LogP contribution in [0.5, 0.6) is 0 Å². The maximum Gasteiger partial charge on any atom is 0.237 e. The summed E-state index contributed by atoms with van der Waals surface area (Å²) < 4.78 is 0. The van der Waals surface area contributed by atoms with Crippen LogP contribution in [-0.4, -0.2) is 43.0 Å². The van der Waals surface area contributed by atoms with Gasteiger partial charge in [-0.1, -0.05) is 20.8 Å². The second kappa shape index (κ2) is 5.64. The summed E-state index contributed by atoms with van der Waals surface area (Å²) in [5, 5.41) is 2.91. The van der Waals surface area contributed by atoms with Gasteiger partial charge in [0.1, 0.15) is 0 Å². The Morgan fingerprint density at radius 3 is 2.44 bits per heavy atom. The van der Waals surface area contributed by atoms with Gasteiger partial charge in [0.15, 0.2) is 0 Å². The molecule has 1 saturated heterocycles. The SMILES string of the molecule is CC(C)(C)[C@@H](N)C(=O)NCCN1CCCC1. The first kappa shape index (κ1) is 13.5. The molecule has 1 atom stereocenters. The Bertz CT molecular complexity index is 229. The van der Waals surface area contributed by atoms with Crippen LogP contribution in [0.1, 0.15) is 33.6 Å². The lowest BCUT2D eigenvalue weighted by molar-refractivity contribution is -0.124. The van der Waals surface area contributed by atoms with Crippen LogP contribution >= 0.6 is 0 Å². The van der Waals surface area contributed by atoms with Crippen molar-refractivity contribution in [3.63, 3.8) is 0 Å². The molecule has 4 nitrogen and oxygen atoms in total. The summed E-state index contributed by atoms with van der Waals surface area (Å²) in [6, 6.07) is -0.425. The van der Waals surface area contributed by atoms with Crippen molar-refractivity contribution in [3.8, 4) is 0 Å². The topological polar surface area (TPSA) is 58.4 Å². The standard InChI is InChI=1S/C12H25N3O/c1-12(2,3)10(13)11(16)14-6-9-15-7-4-5-8-15/h10H,4-9,13H2,1-3H3,(H,14,16)/t10-/m0/s1. The second-order valence-corrected chi connectivity index (χ2v) is 5.68. The highest BCUT2D eigenvalue weighted by atomic mass is 16.2. The van der Waals surface area contributed by atoms with E-state index in [0.29, 0.717) is 6.54 Å². The van der Waals surface area contributed by atoms with Crippen molar-refractivity contribution < 1.29 is 4.79 Å². The number of nitrogens with one attached hydrogen (secondary N) is 1. The molecule has 0 bridgehead atoms. The fourth-order valence-electron chi connectivity index (χ4n) is 1.85. The molecule has 0 saturated carbocycles. The molecule has 0 aromatic heterocycles. The van der Waals surface area contributed by atoms with Crippen molar-refractivity contribution in [3.05, 3.63) is 0 Å². The Balaban J connectivity index is 2.19. The molecule has 1 aliphatic heterocycles. The highest BCUT2D eigenvalue weighted by Crippen LogP contribution is 2.17. The van der Waals surface area contributed by atoms with Crippen LogP contribution in [0.15, 0.2) is 0 Å². The monoisotopic (exact) mass is 227 g/mol. The van der Waals surface area contributed by atoms with E-state index >= 15 is 0 Å². The van der Waals surface area contributed by atoms with Crippen LogP contribution in [-0.2, 0) is 4.79 Å². The maximum atomic E-state index is 11.7. The Labute approximate surface area is 98.6 Å². The molecule has 94 valence electrons. The van der Waals surface area contributed by atoms with E-state index in [0.717, 1.165) is 6.54 Å². The van der Waals surface area contributed by atoms with Crippen molar-refractivity contribution >= 4 is 5.91 Å². The van der Waals surface area contributed by atoms with Gasteiger partial charge in [-0.3, -0.25) is 4.79 Å². The van der Waals surface area contributed by atoms with Gasteiger partial charge >= 0.3 is 0 Å². The van der Waals surface area contributed by atoms with Gasteiger partial charge < -0.3 is 16.0 Å². The average molecular weight is 227 g/mol. The third kappa shape index (κ3) is 4.10. The molecule has 0 spiro atoms.